The van der Waals surface area contributed by atoms with Gasteiger partial charge >= 0.3 is 11.9 Å². The number of hydrogen-bond donors (Lipinski definition) is 0. The van der Waals surface area contributed by atoms with Gasteiger partial charge in [0.25, 0.3) is 0 Å². The van der Waals surface area contributed by atoms with Crippen LogP contribution in [-0.2, 0) is 19.1 Å². The molecule has 0 aromatic heterocycles. The van der Waals surface area contributed by atoms with Crippen LogP contribution in [0.2, 0.25) is 0 Å². The molecule has 1 aliphatic rings. The molecular weight excluding hydrogens is 340 g/mol. The molecule has 0 radical (unpaired) electrons. The van der Waals surface area contributed by atoms with Gasteiger partial charge in [-0.25, -0.2) is 0 Å². The Balaban J connectivity index is 2.15. The summed E-state index contributed by atoms with van der Waals surface area (Å²) in [6.07, 6.45) is 12.4. The van der Waals surface area contributed by atoms with Crippen LogP contribution < -0.4 is 0 Å². The summed E-state index contributed by atoms with van der Waals surface area (Å²) < 4.78 is 10.5. The summed E-state index contributed by atoms with van der Waals surface area (Å²) in [5.41, 5.74) is 0. The number of ether oxygens (including phenoxy) is 2. The molecule has 0 spiro atoms. The first kappa shape index (κ1) is 22.6. The van der Waals surface area contributed by atoms with E-state index in [1.54, 1.807) is 6.92 Å². The fourth-order valence-electron chi connectivity index (χ4n) is 2.92. The fourth-order valence-corrected chi connectivity index (χ4v) is 2.92. The van der Waals surface area contributed by atoms with Crippen LogP contribution in [-0.4, -0.2) is 24.1 Å². The van der Waals surface area contributed by atoms with Gasteiger partial charge in [-0.2, -0.15) is 0 Å². The van der Waals surface area contributed by atoms with Crippen molar-refractivity contribution in [1.82, 2.24) is 0 Å². The monoisotopic (exact) mass is 370 g/mol. The van der Waals surface area contributed by atoms with Gasteiger partial charge in [0.15, 0.2) is 6.10 Å². The summed E-state index contributed by atoms with van der Waals surface area (Å²) in [6, 6.07) is 0. The summed E-state index contributed by atoms with van der Waals surface area (Å²) in [7, 11) is 0. The third-order valence-corrected chi connectivity index (χ3v) is 4.29. The van der Waals surface area contributed by atoms with Gasteiger partial charge in [0.1, 0.15) is 6.10 Å². The van der Waals surface area contributed by atoms with E-state index in [-0.39, 0.29) is 24.0 Å². The number of unbranched alkanes of at least 4 members (excludes halogenated alkanes) is 5. The van der Waals surface area contributed by atoms with Gasteiger partial charge in [0.05, 0.1) is 5.92 Å². The largest absolute Gasteiger partial charge is 0.458 e. The molecule has 0 amide bonds. The van der Waals surface area contributed by atoms with Crippen molar-refractivity contribution in [1.29, 1.82) is 0 Å². The van der Waals surface area contributed by atoms with Gasteiger partial charge in [0.2, 0.25) is 0 Å². The number of carbonyl (C=O) groups excluding carboxylic acids is 2. The van der Waals surface area contributed by atoms with E-state index >= 15 is 0 Å². The molecule has 3 atom stereocenters. The lowest BCUT2D eigenvalue weighted by Gasteiger charge is -2.18. The maximum atomic E-state index is 11.9. The summed E-state index contributed by atoms with van der Waals surface area (Å²) in [5, 5.41) is 0. The van der Waals surface area contributed by atoms with E-state index in [9.17, 15) is 9.59 Å². The van der Waals surface area contributed by atoms with Gasteiger partial charge in [-0.05, 0) is 50.5 Å². The van der Waals surface area contributed by atoms with Crippen LogP contribution in [0.1, 0.15) is 65.2 Å². The molecule has 0 saturated carbocycles. The molecule has 1 saturated heterocycles. The predicted molar refractivity (Wildman–Crippen MR) is 106 cm³/mol. The minimum absolute atomic E-state index is 0.253. The number of cyclic esters (lactones) is 1. The van der Waals surface area contributed by atoms with Crippen LogP contribution >= 0.6 is 0 Å². The lowest BCUT2D eigenvalue weighted by molar-refractivity contribution is -0.150. The van der Waals surface area contributed by atoms with Crippen molar-refractivity contribution in [3.8, 4) is 23.7 Å². The van der Waals surface area contributed by atoms with E-state index in [4.69, 9.17) is 9.47 Å². The van der Waals surface area contributed by atoms with Crippen molar-refractivity contribution in [2.45, 2.75) is 77.4 Å². The highest BCUT2D eigenvalue weighted by Gasteiger charge is 2.44. The molecule has 0 aliphatic carbocycles. The molecule has 1 aliphatic heterocycles. The number of allylic oxidation sites excluding steroid dienone is 3. The average molecular weight is 370 g/mol. The minimum atomic E-state index is -0.453. The number of esters is 2. The van der Waals surface area contributed by atoms with Crippen molar-refractivity contribution >= 4 is 11.9 Å². The van der Waals surface area contributed by atoms with E-state index in [0.29, 0.717) is 6.42 Å². The molecule has 0 N–H and O–H groups in total. The first-order chi connectivity index (χ1) is 13.1. The molecule has 27 heavy (non-hydrogen) atoms. The molecule has 1 heterocycles. The highest BCUT2D eigenvalue weighted by molar-refractivity contribution is 5.76. The molecule has 0 aromatic rings. The number of rotatable bonds is 10. The Morgan fingerprint density at radius 3 is 2.74 bits per heavy atom. The van der Waals surface area contributed by atoms with Crippen molar-refractivity contribution in [2.75, 3.05) is 0 Å². The summed E-state index contributed by atoms with van der Waals surface area (Å²) in [4.78, 5) is 23.1. The zero-order valence-corrected chi connectivity index (χ0v) is 16.5. The molecule has 1 rings (SSSR count). The van der Waals surface area contributed by atoms with E-state index in [0.717, 1.165) is 44.9 Å². The standard InChI is InChI=1S/C23H30O4/c1-4-5-6-7-8-9-10-11-12-13-14-15-16-17-18-21-22(27-20(3)24)19(2)26-23(21)25/h4,7-8,19,21-22H,1,5-6,13-18H2,2-3H3. The predicted octanol–water partition coefficient (Wildman–Crippen LogP) is 4.35. The van der Waals surface area contributed by atoms with Crippen LogP contribution in [0, 0.1) is 29.6 Å². The molecule has 1 fully saturated rings. The lowest BCUT2D eigenvalue weighted by atomic mass is 9.94. The SMILES string of the molecule is C=CCCC=CC#CC#CCCCCCCC1C(=O)OC(C)C1OC(C)=O. The Morgan fingerprint density at radius 2 is 2.00 bits per heavy atom. The zero-order chi connectivity index (χ0) is 19.9. The van der Waals surface area contributed by atoms with Gasteiger partial charge in [-0.15, -0.1) is 6.58 Å². The van der Waals surface area contributed by atoms with Crippen LogP contribution in [0.15, 0.2) is 24.8 Å². The maximum Gasteiger partial charge on any atom is 0.313 e. The molecule has 146 valence electrons. The molecule has 0 bridgehead atoms. The first-order valence-electron chi connectivity index (χ1n) is 9.68. The van der Waals surface area contributed by atoms with Crippen molar-refractivity contribution in [2.24, 2.45) is 5.92 Å². The molecule has 4 heteroatoms. The highest BCUT2D eigenvalue weighted by atomic mass is 16.6. The Hall–Kier alpha value is -2.46. The molecule has 3 unspecified atom stereocenters. The van der Waals surface area contributed by atoms with Crippen LogP contribution in [0.5, 0.6) is 0 Å². The first-order valence-corrected chi connectivity index (χ1v) is 9.68. The van der Waals surface area contributed by atoms with E-state index in [1.807, 2.05) is 18.2 Å². The van der Waals surface area contributed by atoms with Crippen molar-refractivity contribution in [3.63, 3.8) is 0 Å². The van der Waals surface area contributed by atoms with Gasteiger partial charge in [-0.3, -0.25) is 9.59 Å². The average Bonchev–Trinajstić information content (AvgIpc) is 2.88. The highest BCUT2D eigenvalue weighted by Crippen LogP contribution is 2.29. The lowest BCUT2D eigenvalue weighted by Crippen LogP contribution is -2.30. The Kier molecular flexibility index (Phi) is 11.5. The molecule has 4 nitrogen and oxygen atoms in total. The van der Waals surface area contributed by atoms with Crippen LogP contribution in [0.25, 0.3) is 0 Å². The second-order valence-electron chi connectivity index (χ2n) is 6.61. The Morgan fingerprint density at radius 1 is 1.22 bits per heavy atom. The minimum Gasteiger partial charge on any atom is -0.458 e. The van der Waals surface area contributed by atoms with Gasteiger partial charge in [0, 0.05) is 13.3 Å². The zero-order valence-electron chi connectivity index (χ0n) is 16.5. The van der Waals surface area contributed by atoms with E-state index in [2.05, 4.69) is 30.3 Å². The van der Waals surface area contributed by atoms with Gasteiger partial charge in [-0.1, -0.05) is 43.3 Å². The van der Waals surface area contributed by atoms with E-state index < -0.39 is 6.10 Å². The molecule has 0 aromatic carbocycles. The Bertz CT molecular complexity index is 639. The topological polar surface area (TPSA) is 52.6 Å². The second-order valence-corrected chi connectivity index (χ2v) is 6.61. The normalized spacial score (nSPS) is 21.0. The number of hydrogen-bond acceptors (Lipinski definition) is 4. The van der Waals surface area contributed by atoms with Gasteiger partial charge < -0.3 is 9.47 Å². The van der Waals surface area contributed by atoms with Crippen LogP contribution in [0.3, 0.4) is 0 Å². The van der Waals surface area contributed by atoms with Crippen LogP contribution in [0.4, 0.5) is 0 Å². The fraction of sp³-hybridized carbons (Fsp3) is 0.565. The third-order valence-electron chi connectivity index (χ3n) is 4.29. The van der Waals surface area contributed by atoms with E-state index in [1.165, 1.54) is 6.92 Å². The number of carbonyl (C=O) groups is 2. The van der Waals surface area contributed by atoms with Crippen molar-refractivity contribution in [3.05, 3.63) is 24.8 Å². The Labute approximate surface area is 163 Å². The maximum absolute atomic E-state index is 11.9. The second kappa shape index (κ2) is 13.7. The smallest absolute Gasteiger partial charge is 0.313 e. The summed E-state index contributed by atoms with van der Waals surface area (Å²) >= 11 is 0. The van der Waals surface area contributed by atoms with Crippen molar-refractivity contribution < 1.29 is 19.1 Å². The quantitative estimate of drug-likeness (QED) is 0.248. The summed E-state index contributed by atoms with van der Waals surface area (Å²) in [6.45, 7) is 6.79. The third kappa shape index (κ3) is 9.71. The molecular formula is C23H30O4. The summed E-state index contributed by atoms with van der Waals surface area (Å²) in [5.74, 6) is 10.7.